The molecule has 1 aliphatic rings. The van der Waals surface area contributed by atoms with E-state index in [4.69, 9.17) is 12.2 Å². The van der Waals surface area contributed by atoms with E-state index in [9.17, 15) is 4.39 Å². The second kappa shape index (κ2) is 8.41. The van der Waals surface area contributed by atoms with Crippen LogP contribution in [0, 0.1) is 5.82 Å². The first-order valence-corrected chi connectivity index (χ1v) is 9.16. The van der Waals surface area contributed by atoms with Gasteiger partial charge in [0.15, 0.2) is 5.11 Å². The first-order valence-electron chi connectivity index (χ1n) is 8.75. The van der Waals surface area contributed by atoms with Crippen LogP contribution in [0.15, 0.2) is 48.5 Å². The van der Waals surface area contributed by atoms with Gasteiger partial charge in [-0.15, -0.1) is 0 Å². The molecule has 132 valence electrons. The largest absolute Gasteiger partial charge is 0.336 e. The number of nitrogens with one attached hydrogen (secondary N) is 1. The molecule has 25 heavy (non-hydrogen) atoms. The maximum absolute atomic E-state index is 13.0. The van der Waals surface area contributed by atoms with Gasteiger partial charge in [-0.2, -0.15) is 0 Å². The van der Waals surface area contributed by atoms with Crippen molar-refractivity contribution in [1.29, 1.82) is 0 Å². The summed E-state index contributed by atoms with van der Waals surface area (Å²) in [5.74, 6) is -0.191. The first-order chi connectivity index (χ1) is 12.1. The van der Waals surface area contributed by atoms with Crippen molar-refractivity contribution in [2.24, 2.45) is 0 Å². The minimum absolute atomic E-state index is 0.191. The third kappa shape index (κ3) is 5.00. The molecule has 5 heteroatoms. The minimum atomic E-state index is -0.191. The molecule has 0 spiro atoms. The summed E-state index contributed by atoms with van der Waals surface area (Å²) in [4.78, 5) is 4.54. The zero-order valence-corrected chi connectivity index (χ0v) is 15.4. The third-order valence-electron chi connectivity index (χ3n) is 4.47. The van der Waals surface area contributed by atoms with Crippen LogP contribution in [-0.4, -0.2) is 34.7 Å². The molecule has 2 aromatic carbocycles. The Balaban J connectivity index is 1.58. The lowest BCUT2D eigenvalue weighted by Crippen LogP contribution is -2.48. The maximum atomic E-state index is 13.0. The van der Waals surface area contributed by atoms with Crippen LogP contribution in [0.5, 0.6) is 0 Å². The number of hydrogen-bond donors (Lipinski definition) is 1. The highest BCUT2D eigenvalue weighted by atomic mass is 32.1. The van der Waals surface area contributed by atoms with E-state index in [-0.39, 0.29) is 5.82 Å². The van der Waals surface area contributed by atoms with Gasteiger partial charge in [0, 0.05) is 25.3 Å². The lowest BCUT2D eigenvalue weighted by Gasteiger charge is -2.37. The summed E-state index contributed by atoms with van der Waals surface area (Å²) >= 11 is 5.61. The predicted octanol–water partition coefficient (Wildman–Crippen LogP) is 4.25. The Morgan fingerprint density at radius 1 is 1.12 bits per heavy atom. The zero-order valence-electron chi connectivity index (χ0n) is 14.5. The van der Waals surface area contributed by atoms with Crippen LogP contribution >= 0.6 is 12.2 Å². The second-order valence-electron chi connectivity index (χ2n) is 6.42. The summed E-state index contributed by atoms with van der Waals surface area (Å²) < 4.78 is 13.0. The van der Waals surface area contributed by atoms with Crippen molar-refractivity contribution < 1.29 is 4.39 Å². The molecular weight excluding hydrogens is 333 g/mol. The Morgan fingerprint density at radius 2 is 1.92 bits per heavy atom. The van der Waals surface area contributed by atoms with Crippen molar-refractivity contribution >= 4 is 23.0 Å². The molecule has 1 aliphatic heterocycles. The molecule has 0 amide bonds. The molecule has 1 heterocycles. The van der Waals surface area contributed by atoms with Crippen molar-refractivity contribution in [3.63, 3.8) is 0 Å². The van der Waals surface area contributed by atoms with Crippen molar-refractivity contribution in [1.82, 2.24) is 9.80 Å². The van der Waals surface area contributed by atoms with E-state index < -0.39 is 0 Å². The standard InChI is InChI=1S/C20H24FN3S/c1-2-16-5-3-6-19(13-16)22-20(25)24-12-4-11-23(15-24)14-17-7-9-18(21)10-8-17/h3,5-10,13H,2,4,11-12,14-15H2,1H3,(H,22,25). The predicted molar refractivity (Wildman–Crippen MR) is 105 cm³/mol. The number of benzene rings is 2. The van der Waals surface area contributed by atoms with Gasteiger partial charge in [0.1, 0.15) is 5.82 Å². The monoisotopic (exact) mass is 357 g/mol. The van der Waals surface area contributed by atoms with Crippen LogP contribution in [-0.2, 0) is 13.0 Å². The van der Waals surface area contributed by atoms with E-state index in [0.717, 1.165) is 55.5 Å². The lowest BCUT2D eigenvalue weighted by atomic mass is 10.1. The first kappa shape index (κ1) is 17.8. The van der Waals surface area contributed by atoms with E-state index in [2.05, 4.69) is 40.2 Å². The fraction of sp³-hybridized carbons (Fsp3) is 0.350. The number of aryl methyl sites for hydroxylation is 1. The van der Waals surface area contributed by atoms with E-state index in [0.29, 0.717) is 0 Å². The zero-order chi connectivity index (χ0) is 17.6. The molecule has 2 aromatic rings. The molecule has 3 nitrogen and oxygen atoms in total. The molecule has 0 aliphatic carbocycles. The molecular formula is C20H24FN3S. The normalized spacial score (nSPS) is 15.2. The van der Waals surface area contributed by atoms with Crippen LogP contribution in [0.2, 0.25) is 0 Å². The minimum Gasteiger partial charge on any atom is -0.336 e. The van der Waals surface area contributed by atoms with Gasteiger partial charge in [-0.1, -0.05) is 31.2 Å². The van der Waals surface area contributed by atoms with Gasteiger partial charge in [0.05, 0.1) is 6.67 Å². The number of nitrogens with zero attached hydrogens (tertiary/aromatic N) is 2. The van der Waals surface area contributed by atoms with Gasteiger partial charge in [-0.25, -0.2) is 4.39 Å². The fourth-order valence-electron chi connectivity index (χ4n) is 3.08. The van der Waals surface area contributed by atoms with E-state index in [1.54, 1.807) is 0 Å². The quantitative estimate of drug-likeness (QED) is 0.824. The molecule has 1 saturated heterocycles. The van der Waals surface area contributed by atoms with Crippen LogP contribution in [0.25, 0.3) is 0 Å². The number of rotatable bonds is 4. The third-order valence-corrected chi connectivity index (χ3v) is 4.83. The Morgan fingerprint density at radius 3 is 2.68 bits per heavy atom. The summed E-state index contributed by atoms with van der Waals surface area (Å²) in [6, 6.07) is 15.1. The Labute approximate surface area is 154 Å². The van der Waals surface area contributed by atoms with Crippen LogP contribution in [0.1, 0.15) is 24.5 Å². The number of halogens is 1. The van der Waals surface area contributed by atoms with Gasteiger partial charge >= 0.3 is 0 Å². The summed E-state index contributed by atoms with van der Waals surface area (Å²) in [6.07, 6.45) is 2.08. The van der Waals surface area contributed by atoms with E-state index in [1.807, 2.05) is 18.2 Å². The topological polar surface area (TPSA) is 18.5 Å². The van der Waals surface area contributed by atoms with Gasteiger partial charge in [-0.05, 0) is 60.5 Å². The van der Waals surface area contributed by atoms with Crippen LogP contribution in [0.3, 0.4) is 0 Å². The summed E-state index contributed by atoms with van der Waals surface area (Å²) in [5, 5.41) is 4.12. The highest BCUT2D eigenvalue weighted by Gasteiger charge is 2.19. The van der Waals surface area contributed by atoms with Crippen molar-refractivity contribution in [3.05, 3.63) is 65.5 Å². The van der Waals surface area contributed by atoms with Gasteiger partial charge < -0.3 is 10.2 Å². The van der Waals surface area contributed by atoms with Crippen LogP contribution < -0.4 is 5.32 Å². The average molecular weight is 357 g/mol. The molecule has 0 bridgehead atoms. The Hall–Kier alpha value is -1.98. The van der Waals surface area contributed by atoms with E-state index >= 15 is 0 Å². The average Bonchev–Trinajstić information content (AvgIpc) is 2.64. The van der Waals surface area contributed by atoms with E-state index in [1.165, 1.54) is 17.7 Å². The van der Waals surface area contributed by atoms with Crippen molar-refractivity contribution in [3.8, 4) is 0 Å². The SMILES string of the molecule is CCc1cccc(NC(=S)N2CCCN(Cc3ccc(F)cc3)C2)c1. The van der Waals surface area contributed by atoms with Crippen molar-refractivity contribution in [2.75, 3.05) is 25.1 Å². The maximum Gasteiger partial charge on any atom is 0.174 e. The number of thiocarbonyl (C=S) groups is 1. The van der Waals surface area contributed by atoms with Gasteiger partial charge in [0.25, 0.3) is 0 Å². The van der Waals surface area contributed by atoms with Gasteiger partial charge in [-0.3, -0.25) is 4.90 Å². The molecule has 0 atom stereocenters. The molecule has 1 fully saturated rings. The van der Waals surface area contributed by atoms with Crippen LogP contribution in [0.4, 0.5) is 10.1 Å². The molecule has 3 rings (SSSR count). The Bertz CT molecular complexity index is 717. The van der Waals surface area contributed by atoms with Gasteiger partial charge in [0.2, 0.25) is 0 Å². The summed E-state index contributed by atoms with van der Waals surface area (Å²) in [6.45, 7) is 5.73. The highest BCUT2D eigenvalue weighted by Crippen LogP contribution is 2.15. The molecule has 0 aromatic heterocycles. The molecule has 1 N–H and O–H groups in total. The molecule has 0 radical (unpaired) electrons. The Kier molecular flexibility index (Phi) is 6.00. The lowest BCUT2D eigenvalue weighted by molar-refractivity contribution is 0.134. The summed E-state index contributed by atoms with van der Waals surface area (Å²) in [7, 11) is 0. The smallest absolute Gasteiger partial charge is 0.174 e. The highest BCUT2D eigenvalue weighted by molar-refractivity contribution is 7.80. The molecule has 0 unspecified atom stereocenters. The fourth-order valence-corrected chi connectivity index (χ4v) is 3.35. The second-order valence-corrected chi connectivity index (χ2v) is 6.81. The number of hydrogen-bond acceptors (Lipinski definition) is 2. The van der Waals surface area contributed by atoms with Crippen molar-refractivity contribution in [2.45, 2.75) is 26.3 Å². The summed E-state index contributed by atoms with van der Waals surface area (Å²) in [5.41, 5.74) is 3.46. The number of anilines is 1. The molecule has 0 saturated carbocycles.